The van der Waals surface area contributed by atoms with Crippen molar-refractivity contribution in [2.45, 2.75) is 51.8 Å². The maximum atomic E-state index is 12.5. The van der Waals surface area contributed by atoms with Gasteiger partial charge >= 0.3 is 0 Å². The fraction of sp³-hybridized carbons (Fsp3) is 1.00. The summed E-state index contributed by atoms with van der Waals surface area (Å²) in [5, 5.41) is 8.41. The van der Waals surface area contributed by atoms with E-state index >= 15 is 0 Å². The van der Waals surface area contributed by atoms with Gasteiger partial charge in [0, 0.05) is 6.61 Å². The summed E-state index contributed by atoms with van der Waals surface area (Å²) in [5.41, 5.74) is -0.105. The third kappa shape index (κ3) is 9.77. The summed E-state index contributed by atoms with van der Waals surface area (Å²) in [7, 11) is 0. The largest absolute Gasteiger partial charge is 0.393 e. The number of hydrogen-bond donors (Lipinski definition) is 1. The number of unbranched alkanes of at least 4 members (excludes halogenated alkanes) is 1. The Morgan fingerprint density at radius 3 is 2.38 bits per heavy atom. The lowest BCUT2D eigenvalue weighted by molar-refractivity contribution is -0.00541. The van der Waals surface area contributed by atoms with Crippen molar-refractivity contribution in [1.82, 2.24) is 0 Å². The molecule has 1 unspecified atom stereocenters. The lowest BCUT2D eigenvalue weighted by Gasteiger charge is -2.19. The predicted molar refractivity (Wildman–Crippen MR) is 51.5 cm³/mol. The Kier molecular flexibility index (Phi) is 6.25. The Morgan fingerprint density at radius 2 is 1.92 bits per heavy atom. The number of aliphatic hydroxyl groups excluding tert-OH is 1. The molecule has 0 fully saturated rings. The van der Waals surface area contributed by atoms with Gasteiger partial charge < -0.3 is 9.84 Å². The Hall–Kier alpha value is -0.150. The van der Waals surface area contributed by atoms with Gasteiger partial charge in [0.1, 0.15) is 6.17 Å². The van der Waals surface area contributed by atoms with Gasteiger partial charge in [0.2, 0.25) is 0 Å². The second-order valence-electron chi connectivity index (χ2n) is 4.24. The van der Waals surface area contributed by atoms with Crippen molar-refractivity contribution >= 4 is 0 Å². The van der Waals surface area contributed by atoms with E-state index in [1.54, 1.807) is 0 Å². The molecule has 0 aromatic rings. The van der Waals surface area contributed by atoms with Gasteiger partial charge in [-0.2, -0.15) is 0 Å². The van der Waals surface area contributed by atoms with Gasteiger partial charge in [-0.3, -0.25) is 0 Å². The SMILES string of the molecule is CC(C)(C)OCCCCC(F)CO. The molecule has 0 aromatic carbocycles. The Labute approximate surface area is 80.1 Å². The molecule has 0 rings (SSSR count). The van der Waals surface area contributed by atoms with E-state index in [9.17, 15) is 4.39 Å². The molecule has 1 N–H and O–H groups in total. The van der Waals surface area contributed by atoms with E-state index in [1.807, 2.05) is 20.8 Å². The summed E-state index contributed by atoms with van der Waals surface area (Å²) >= 11 is 0. The highest BCUT2D eigenvalue weighted by atomic mass is 19.1. The van der Waals surface area contributed by atoms with Crippen LogP contribution in [0, 0.1) is 0 Å². The van der Waals surface area contributed by atoms with Crippen LogP contribution in [0.2, 0.25) is 0 Å². The van der Waals surface area contributed by atoms with E-state index in [2.05, 4.69) is 0 Å². The summed E-state index contributed by atoms with van der Waals surface area (Å²) in [5.74, 6) is 0. The highest BCUT2D eigenvalue weighted by molar-refractivity contribution is 4.59. The number of halogens is 1. The molecule has 0 bridgehead atoms. The highest BCUT2D eigenvalue weighted by Gasteiger charge is 2.09. The molecule has 2 nitrogen and oxygen atoms in total. The zero-order valence-electron chi connectivity index (χ0n) is 8.85. The van der Waals surface area contributed by atoms with Crippen LogP contribution in [0.3, 0.4) is 0 Å². The fourth-order valence-electron chi connectivity index (χ4n) is 0.938. The number of hydrogen-bond acceptors (Lipinski definition) is 2. The summed E-state index contributed by atoms with van der Waals surface area (Å²) in [6, 6.07) is 0. The van der Waals surface area contributed by atoms with Crippen molar-refractivity contribution in [3.05, 3.63) is 0 Å². The van der Waals surface area contributed by atoms with Crippen molar-refractivity contribution in [3.63, 3.8) is 0 Å². The molecule has 0 spiro atoms. The minimum Gasteiger partial charge on any atom is -0.393 e. The summed E-state index contributed by atoms with van der Waals surface area (Å²) in [6.45, 7) is 6.30. The lowest BCUT2D eigenvalue weighted by atomic mass is 10.1. The molecule has 0 aliphatic heterocycles. The zero-order valence-corrected chi connectivity index (χ0v) is 8.85. The van der Waals surface area contributed by atoms with Crippen LogP contribution in [0.4, 0.5) is 4.39 Å². The molecule has 13 heavy (non-hydrogen) atoms. The van der Waals surface area contributed by atoms with E-state index in [4.69, 9.17) is 9.84 Å². The quantitative estimate of drug-likeness (QED) is 0.654. The average molecular weight is 192 g/mol. The fourth-order valence-corrected chi connectivity index (χ4v) is 0.938. The van der Waals surface area contributed by atoms with Crippen molar-refractivity contribution in [2.75, 3.05) is 13.2 Å². The summed E-state index contributed by atoms with van der Waals surface area (Å²) < 4.78 is 18.0. The third-order valence-electron chi connectivity index (χ3n) is 1.64. The van der Waals surface area contributed by atoms with Crippen molar-refractivity contribution in [1.29, 1.82) is 0 Å². The number of aliphatic hydroxyl groups is 1. The van der Waals surface area contributed by atoms with Crippen LogP contribution >= 0.6 is 0 Å². The van der Waals surface area contributed by atoms with Crippen molar-refractivity contribution < 1.29 is 14.2 Å². The van der Waals surface area contributed by atoms with Crippen molar-refractivity contribution in [2.24, 2.45) is 0 Å². The number of ether oxygens (including phenoxy) is 1. The molecule has 80 valence electrons. The topological polar surface area (TPSA) is 29.5 Å². The molecule has 0 aliphatic rings. The molecule has 0 aromatic heterocycles. The second kappa shape index (κ2) is 6.33. The Bertz CT molecular complexity index is 121. The van der Waals surface area contributed by atoms with Crippen LogP contribution in [-0.4, -0.2) is 30.1 Å². The zero-order chi connectivity index (χ0) is 10.3. The predicted octanol–water partition coefficient (Wildman–Crippen LogP) is 2.30. The van der Waals surface area contributed by atoms with Gasteiger partial charge in [-0.05, 0) is 40.0 Å². The van der Waals surface area contributed by atoms with Crippen LogP contribution in [-0.2, 0) is 4.74 Å². The smallest absolute Gasteiger partial charge is 0.123 e. The van der Waals surface area contributed by atoms with Crippen LogP contribution < -0.4 is 0 Å². The molecule has 0 radical (unpaired) electrons. The van der Waals surface area contributed by atoms with Gasteiger partial charge in [0.15, 0.2) is 0 Å². The molecular weight excluding hydrogens is 171 g/mol. The maximum absolute atomic E-state index is 12.5. The normalized spacial score (nSPS) is 14.5. The van der Waals surface area contributed by atoms with E-state index < -0.39 is 6.17 Å². The van der Waals surface area contributed by atoms with E-state index in [0.29, 0.717) is 13.0 Å². The monoisotopic (exact) mass is 192 g/mol. The van der Waals surface area contributed by atoms with E-state index in [-0.39, 0.29) is 12.2 Å². The van der Waals surface area contributed by atoms with Crippen molar-refractivity contribution in [3.8, 4) is 0 Å². The Morgan fingerprint density at radius 1 is 1.31 bits per heavy atom. The van der Waals surface area contributed by atoms with Gasteiger partial charge in [-0.1, -0.05) is 0 Å². The standard InChI is InChI=1S/C10H21FO2/c1-10(2,3)13-7-5-4-6-9(11)8-12/h9,12H,4-8H2,1-3H3. The molecule has 0 heterocycles. The maximum Gasteiger partial charge on any atom is 0.123 e. The third-order valence-corrected chi connectivity index (χ3v) is 1.64. The first-order valence-electron chi connectivity index (χ1n) is 4.84. The number of alkyl halides is 1. The minimum atomic E-state index is -1.06. The first kappa shape index (κ1) is 12.8. The molecule has 0 aliphatic carbocycles. The number of rotatable bonds is 6. The van der Waals surface area contributed by atoms with Crippen LogP contribution in [0.5, 0.6) is 0 Å². The van der Waals surface area contributed by atoms with Gasteiger partial charge in [-0.25, -0.2) is 4.39 Å². The van der Waals surface area contributed by atoms with Gasteiger partial charge in [0.05, 0.1) is 12.2 Å². The average Bonchev–Trinajstić information content (AvgIpc) is 2.01. The summed E-state index contributed by atoms with van der Waals surface area (Å²) in [6.07, 6.45) is 1.01. The first-order valence-corrected chi connectivity index (χ1v) is 4.84. The first-order chi connectivity index (χ1) is 5.95. The molecule has 1 atom stereocenters. The lowest BCUT2D eigenvalue weighted by Crippen LogP contribution is -2.19. The molecule has 0 amide bonds. The molecule has 3 heteroatoms. The summed E-state index contributed by atoms with van der Waals surface area (Å²) in [4.78, 5) is 0. The highest BCUT2D eigenvalue weighted by Crippen LogP contribution is 2.09. The van der Waals surface area contributed by atoms with Crippen LogP contribution in [0.25, 0.3) is 0 Å². The Balaban J connectivity index is 3.18. The van der Waals surface area contributed by atoms with E-state index in [1.165, 1.54) is 0 Å². The van der Waals surface area contributed by atoms with Gasteiger partial charge in [0.25, 0.3) is 0 Å². The van der Waals surface area contributed by atoms with Crippen LogP contribution in [0.1, 0.15) is 40.0 Å². The molecule has 0 saturated carbocycles. The van der Waals surface area contributed by atoms with E-state index in [0.717, 1.165) is 12.8 Å². The van der Waals surface area contributed by atoms with Gasteiger partial charge in [-0.15, -0.1) is 0 Å². The second-order valence-corrected chi connectivity index (χ2v) is 4.24. The minimum absolute atomic E-state index is 0.105. The molecule has 0 saturated heterocycles. The van der Waals surface area contributed by atoms with Crippen LogP contribution in [0.15, 0.2) is 0 Å². The molecular formula is C10H21FO2.